The van der Waals surface area contributed by atoms with Crippen molar-refractivity contribution in [1.29, 1.82) is 0 Å². The molecule has 0 radical (unpaired) electrons. The van der Waals surface area contributed by atoms with Crippen LogP contribution in [0.1, 0.15) is 26.3 Å². The molecule has 0 bridgehead atoms. The zero-order valence-corrected chi connectivity index (χ0v) is 17.4. The molecule has 9 heteroatoms. The van der Waals surface area contributed by atoms with E-state index in [1.807, 2.05) is 26.8 Å². The van der Waals surface area contributed by atoms with Gasteiger partial charge in [0.2, 0.25) is 5.88 Å². The molecule has 0 aliphatic rings. The maximum atomic E-state index is 12.3. The fraction of sp³-hybridized carbons (Fsp3) is 0.526. The normalized spacial score (nSPS) is 11.5. The minimum atomic E-state index is -0.464. The zero-order chi connectivity index (χ0) is 20.6. The molecule has 0 fully saturated rings. The van der Waals surface area contributed by atoms with Gasteiger partial charge in [-0.2, -0.15) is 5.10 Å². The zero-order valence-electron chi connectivity index (χ0n) is 16.6. The molecule has 0 aliphatic carbocycles. The molecule has 2 rings (SSSR count). The topological polar surface area (TPSA) is 84.7 Å². The molecular formula is C19H26ClN3O5. The smallest absolute Gasteiger partial charge is 0.289 e. The largest absolute Gasteiger partial charge is 0.485 e. The Morgan fingerprint density at radius 2 is 1.82 bits per heavy atom. The highest BCUT2D eigenvalue weighted by atomic mass is 35.5. The number of rotatable bonds is 10. The van der Waals surface area contributed by atoms with Crippen molar-refractivity contribution in [2.45, 2.75) is 32.9 Å². The van der Waals surface area contributed by atoms with Gasteiger partial charge in [0, 0.05) is 24.9 Å². The molecule has 0 aliphatic heterocycles. The summed E-state index contributed by atoms with van der Waals surface area (Å²) in [6.07, 6.45) is 3.09. The van der Waals surface area contributed by atoms with Crippen LogP contribution >= 0.6 is 11.6 Å². The third-order valence-corrected chi connectivity index (χ3v) is 3.97. The summed E-state index contributed by atoms with van der Waals surface area (Å²) in [6, 6.07) is 3.57. The summed E-state index contributed by atoms with van der Waals surface area (Å²) >= 11 is 6.14. The third-order valence-electron chi connectivity index (χ3n) is 3.62. The van der Waals surface area contributed by atoms with Crippen LogP contribution < -0.4 is 15.0 Å². The molecule has 0 unspecified atom stereocenters. The molecule has 8 nitrogen and oxygen atoms in total. The lowest BCUT2D eigenvalue weighted by atomic mass is 10.1. The molecule has 2 heterocycles. The van der Waals surface area contributed by atoms with Crippen LogP contribution in [-0.2, 0) is 21.6 Å². The Morgan fingerprint density at radius 1 is 1.07 bits per heavy atom. The lowest BCUT2D eigenvalue weighted by molar-refractivity contribution is 0.0537. The minimum Gasteiger partial charge on any atom is -0.485 e. The standard InChI is InChI=1S/C19H26ClN3O5/c1-19(2,3)23-18(24)17(20)15(12-22-23)28-13-14-5-6-16(21-11-14)27-10-9-26-8-7-25-4/h5-6,11-12H,7-10,13H2,1-4H3/i4-1. The van der Waals surface area contributed by atoms with E-state index in [0.29, 0.717) is 32.3 Å². The van der Waals surface area contributed by atoms with Crippen molar-refractivity contribution >= 4 is 11.6 Å². The lowest BCUT2D eigenvalue weighted by Crippen LogP contribution is -2.36. The average Bonchev–Trinajstić information content (AvgIpc) is 2.65. The Balaban J connectivity index is 1.86. The number of methoxy groups -OCH3 is 1. The van der Waals surface area contributed by atoms with Crippen LogP contribution in [-0.4, -0.2) is 48.3 Å². The lowest BCUT2D eigenvalue weighted by Gasteiger charge is -2.21. The van der Waals surface area contributed by atoms with Crippen molar-refractivity contribution in [3.63, 3.8) is 0 Å². The van der Waals surface area contributed by atoms with Gasteiger partial charge in [0.1, 0.15) is 13.2 Å². The van der Waals surface area contributed by atoms with E-state index in [2.05, 4.69) is 10.1 Å². The number of pyridine rings is 1. The molecule has 0 amide bonds. The van der Waals surface area contributed by atoms with Crippen LogP contribution in [0.3, 0.4) is 0 Å². The second kappa shape index (κ2) is 10.4. The first-order valence-corrected chi connectivity index (χ1v) is 9.26. The van der Waals surface area contributed by atoms with Gasteiger partial charge >= 0.3 is 0 Å². The van der Waals surface area contributed by atoms with Crippen LogP contribution in [0.4, 0.5) is 0 Å². The summed E-state index contributed by atoms with van der Waals surface area (Å²) in [5, 5.41) is 4.14. The molecule has 0 spiro atoms. The molecule has 28 heavy (non-hydrogen) atoms. The predicted octanol–water partition coefficient (Wildman–Crippen LogP) is 2.67. The highest BCUT2D eigenvalue weighted by molar-refractivity contribution is 6.31. The van der Waals surface area contributed by atoms with E-state index in [9.17, 15) is 4.79 Å². The van der Waals surface area contributed by atoms with Crippen molar-refractivity contribution in [2.75, 3.05) is 33.5 Å². The van der Waals surface area contributed by atoms with Gasteiger partial charge in [-0.15, -0.1) is 0 Å². The summed E-state index contributed by atoms with van der Waals surface area (Å²) in [4.78, 5) is 16.5. The van der Waals surface area contributed by atoms with Crippen molar-refractivity contribution < 1.29 is 18.9 Å². The Morgan fingerprint density at radius 3 is 2.46 bits per heavy atom. The highest BCUT2D eigenvalue weighted by Crippen LogP contribution is 2.22. The van der Waals surface area contributed by atoms with Crippen molar-refractivity contribution in [3.8, 4) is 11.6 Å². The second-order valence-electron chi connectivity index (χ2n) is 6.96. The van der Waals surface area contributed by atoms with Crippen molar-refractivity contribution in [3.05, 3.63) is 45.5 Å². The number of hydrogen-bond donors (Lipinski definition) is 0. The summed E-state index contributed by atoms with van der Waals surface area (Å²) in [5.41, 5.74) is -0.0469. The molecule has 154 valence electrons. The molecule has 2 aromatic rings. The first-order valence-electron chi connectivity index (χ1n) is 8.88. The number of nitrogens with zero attached hydrogens (tertiary/aromatic N) is 3. The van der Waals surface area contributed by atoms with Gasteiger partial charge in [-0.1, -0.05) is 11.6 Å². The Kier molecular flexibility index (Phi) is 8.22. The van der Waals surface area contributed by atoms with Crippen molar-refractivity contribution in [2.24, 2.45) is 0 Å². The van der Waals surface area contributed by atoms with E-state index in [-0.39, 0.29) is 22.9 Å². The monoisotopic (exact) mass is 410 g/mol. The second-order valence-corrected chi connectivity index (χ2v) is 7.34. The molecule has 0 saturated heterocycles. The van der Waals surface area contributed by atoms with Crippen LogP contribution in [0.5, 0.6) is 11.6 Å². The van der Waals surface area contributed by atoms with E-state index in [4.69, 9.17) is 30.5 Å². The number of aromatic nitrogens is 3. The van der Waals surface area contributed by atoms with E-state index < -0.39 is 5.54 Å². The molecular weight excluding hydrogens is 385 g/mol. The fourth-order valence-corrected chi connectivity index (χ4v) is 2.37. The predicted molar refractivity (Wildman–Crippen MR) is 105 cm³/mol. The van der Waals surface area contributed by atoms with Crippen LogP contribution in [0.2, 0.25) is 5.02 Å². The number of halogens is 1. The molecule has 0 aromatic carbocycles. The quantitative estimate of drug-likeness (QED) is 0.556. The Hall–Kier alpha value is -2.16. The maximum absolute atomic E-state index is 12.3. The molecule has 0 saturated carbocycles. The summed E-state index contributed by atoms with van der Waals surface area (Å²) in [7, 11) is 1.62. The average molecular weight is 411 g/mol. The van der Waals surface area contributed by atoms with Gasteiger partial charge < -0.3 is 18.9 Å². The van der Waals surface area contributed by atoms with E-state index in [1.54, 1.807) is 19.4 Å². The minimum absolute atomic E-state index is 0.00584. The van der Waals surface area contributed by atoms with Gasteiger partial charge in [-0.05, 0) is 26.8 Å². The number of hydrogen-bond acceptors (Lipinski definition) is 7. The number of ether oxygens (including phenoxy) is 4. The van der Waals surface area contributed by atoms with E-state index in [0.717, 1.165) is 5.56 Å². The van der Waals surface area contributed by atoms with E-state index >= 15 is 0 Å². The first kappa shape index (κ1) is 22.1. The van der Waals surface area contributed by atoms with Gasteiger partial charge in [0.25, 0.3) is 5.56 Å². The summed E-state index contributed by atoms with van der Waals surface area (Å²) in [5.74, 6) is 0.729. The van der Waals surface area contributed by atoms with E-state index in [1.165, 1.54) is 10.9 Å². The molecule has 2 aromatic heterocycles. The molecule has 0 atom stereocenters. The Bertz CT molecular complexity index is 803. The van der Waals surface area contributed by atoms with Gasteiger partial charge in [-0.25, -0.2) is 9.67 Å². The fourth-order valence-electron chi connectivity index (χ4n) is 2.19. The van der Waals surface area contributed by atoms with Crippen molar-refractivity contribution in [1.82, 2.24) is 14.8 Å². The molecule has 0 N–H and O–H groups in total. The first-order chi connectivity index (χ1) is 13.3. The van der Waals surface area contributed by atoms with Gasteiger partial charge in [-0.3, -0.25) is 4.79 Å². The SMILES string of the molecule is CC(C)(C)n1ncc(OCc2ccc(OCCOCCO[11CH3])nc2)c(Cl)c1=O. The summed E-state index contributed by atoms with van der Waals surface area (Å²) in [6.45, 7) is 7.77. The van der Waals surface area contributed by atoms with Gasteiger partial charge in [0.15, 0.2) is 10.8 Å². The summed E-state index contributed by atoms with van der Waals surface area (Å²) < 4.78 is 22.6. The van der Waals surface area contributed by atoms with Crippen LogP contribution in [0.25, 0.3) is 0 Å². The van der Waals surface area contributed by atoms with Gasteiger partial charge in [0.05, 0.1) is 31.6 Å². The van der Waals surface area contributed by atoms with Crippen LogP contribution in [0, 0.1) is 0 Å². The Labute approximate surface area is 169 Å². The third kappa shape index (κ3) is 6.47. The maximum Gasteiger partial charge on any atom is 0.289 e. The highest BCUT2D eigenvalue weighted by Gasteiger charge is 2.20. The van der Waals surface area contributed by atoms with Crippen LogP contribution in [0.15, 0.2) is 29.3 Å².